The Labute approximate surface area is 175 Å². The Kier molecular flexibility index (Phi) is 5.13. The summed E-state index contributed by atoms with van der Waals surface area (Å²) in [6.07, 6.45) is 0. The minimum atomic E-state index is -0.788. The molecule has 3 aromatic rings. The van der Waals surface area contributed by atoms with Crippen molar-refractivity contribution in [2.75, 3.05) is 5.32 Å². The van der Waals surface area contributed by atoms with Crippen LogP contribution in [0.3, 0.4) is 0 Å². The number of nitrogens with one attached hydrogen (secondary N) is 1. The molecule has 1 heterocycles. The number of amides is 2. The molecule has 0 aromatic heterocycles. The molecular formula is C22H16FIN2O2. The van der Waals surface area contributed by atoms with E-state index in [0.717, 1.165) is 14.7 Å². The smallest absolute Gasteiger partial charge is 0.257 e. The van der Waals surface area contributed by atoms with Crippen molar-refractivity contribution in [3.8, 4) is 0 Å². The summed E-state index contributed by atoms with van der Waals surface area (Å²) in [5.41, 5.74) is 2.41. The van der Waals surface area contributed by atoms with Gasteiger partial charge in [0.15, 0.2) is 0 Å². The first-order valence-corrected chi connectivity index (χ1v) is 9.81. The number of benzene rings is 3. The average molecular weight is 486 g/mol. The molecule has 1 unspecified atom stereocenters. The molecule has 1 atom stereocenters. The molecule has 28 heavy (non-hydrogen) atoms. The van der Waals surface area contributed by atoms with Gasteiger partial charge >= 0.3 is 0 Å². The number of nitrogens with zero attached hydrogens (tertiary/aromatic N) is 1. The number of hydrogen-bond donors (Lipinski definition) is 1. The molecule has 1 aliphatic rings. The second kappa shape index (κ2) is 7.71. The second-order valence-corrected chi connectivity index (χ2v) is 7.80. The lowest BCUT2D eigenvalue weighted by Crippen LogP contribution is -2.38. The summed E-state index contributed by atoms with van der Waals surface area (Å²) in [5, 5.41) is 2.89. The number of anilines is 1. The summed E-state index contributed by atoms with van der Waals surface area (Å²) in [6.45, 7) is 0.191. The third-order valence-corrected chi connectivity index (χ3v) is 5.34. The Hall–Kier alpha value is -2.74. The zero-order chi connectivity index (χ0) is 19.7. The Morgan fingerprint density at radius 3 is 2.39 bits per heavy atom. The highest BCUT2D eigenvalue weighted by atomic mass is 127. The van der Waals surface area contributed by atoms with E-state index in [2.05, 4.69) is 27.9 Å². The van der Waals surface area contributed by atoms with E-state index in [1.165, 1.54) is 12.1 Å². The van der Waals surface area contributed by atoms with Gasteiger partial charge in [-0.2, -0.15) is 0 Å². The summed E-state index contributed by atoms with van der Waals surface area (Å²) in [6, 6.07) is 19.7. The fraction of sp³-hybridized carbons (Fsp3) is 0.0909. The molecule has 3 aromatic carbocycles. The van der Waals surface area contributed by atoms with E-state index in [-0.39, 0.29) is 24.2 Å². The van der Waals surface area contributed by atoms with Gasteiger partial charge in [-0.05, 0) is 64.0 Å². The van der Waals surface area contributed by atoms with Crippen LogP contribution in [0.1, 0.15) is 27.5 Å². The van der Waals surface area contributed by atoms with E-state index >= 15 is 0 Å². The van der Waals surface area contributed by atoms with Crippen molar-refractivity contribution in [1.82, 2.24) is 4.90 Å². The summed E-state index contributed by atoms with van der Waals surface area (Å²) >= 11 is 2.14. The fourth-order valence-corrected chi connectivity index (χ4v) is 3.82. The largest absolute Gasteiger partial charge is 0.323 e. The van der Waals surface area contributed by atoms with Crippen LogP contribution < -0.4 is 5.32 Å². The van der Waals surface area contributed by atoms with Crippen LogP contribution in [0.5, 0.6) is 0 Å². The van der Waals surface area contributed by atoms with Crippen LogP contribution in [0.15, 0.2) is 72.8 Å². The van der Waals surface area contributed by atoms with Crippen LogP contribution in [0, 0.1) is 9.39 Å². The molecule has 2 amide bonds. The Bertz CT molecular complexity index is 1040. The molecule has 4 rings (SSSR count). The first kappa shape index (κ1) is 18.6. The minimum absolute atomic E-state index is 0.191. The Morgan fingerprint density at radius 1 is 0.964 bits per heavy atom. The predicted octanol–water partition coefficient (Wildman–Crippen LogP) is 4.77. The van der Waals surface area contributed by atoms with E-state index in [1.807, 2.05) is 36.4 Å². The van der Waals surface area contributed by atoms with Crippen LogP contribution in [0.4, 0.5) is 10.1 Å². The van der Waals surface area contributed by atoms with Crippen molar-refractivity contribution >= 4 is 40.1 Å². The highest BCUT2D eigenvalue weighted by Crippen LogP contribution is 2.33. The molecule has 0 spiro atoms. The van der Waals surface area contributed by atoms with E-state index in [1.54, 1.807) is 29.2 Å². The molecular weight excluding hydrogens is 470 g/mol. The summed E-state index contributed by atoms with van der Waals surface area (Å²) in [5.74, 6) is -0.866. The van der Waals surface area contributed by atoms with Crippen LogP contribution in [0.25, 0.3) is 0 Å². The van der Waals surface area contributed by atoms with E-state index in [0.29, 0.717) is 11.3 Å². The normalized spacial score (nSPS) is 16.4. The highest BCUT2D eigenvalue weighted by Gasteiger charge is 2.36. The molecule has 4 nitrogen and oxygen atoms in total. The first-order valence-electron chi connectivity index (χ1n) is 8.74. The molecule has 0 saturated carbocycles. The van der Waals surface area contributed by atoms with Gasteiger partial charge in [0.05, 0.1) is 11.3 Å². The lowest BCUT2D eigenvalue weighted by Gasteiger charge is -2.29. The maximum Gasteiger partial charge on any atom is 0.257 e. The lowest BCUT2D eigenvalue weighted by atomic mass is 10.0. The first-order chi connectivity index (χ1) is 13.5. The molecule has 0 saturated heterocycles. The average Bonchev–Trinajstić information content (AvgIpc) is 2.79. The van der Waals surface area contributed by atoms with Crippen LogP contribution in [-0.4, -0.2) is 16.7 Å². The zero-order valence-electron chi connectivity index (χ0n) is 14.7. The molecule has 140 valence electrons. The molecule has 1 aliphatic heterocycles. The van der Waals surface area contributed by atoms with Gasteiger partial charge in [-0.3, -0.25) is 9.59 Å². The molecule has 6 heteroatoms. The standard InChI is InChI=1S/C22H16FIN2O2/c23-16-8-6-14(7-9-16)13-26-20(15-4-2-1-3-5-15)21(27)25-19-11-10-17(24)12-18(19)22(26)28/h1-12,20H,13H2,(H,25,27). The number of hydrogen-bond acceptors (Lipinski definition) is 2. The van der Waals surface area contributed by atoms with Crippen molar-refractivity contribution in [2.45, 2.75) is 12.6 Å². The number of halogens is 2. The summed E-state index contributed by atoms with van der Waals surface area (Å²) < 4.78 is 14.2. The third-order valence-electron chi connectivity index (χ3n) is 4.67. The van der Waals surface area contributed by atoms with Crippen LogP contribution in [-0.2, 0) is 11.3 Å². The van der Waals surface area contributed by atoms with Gasteiger partial charge in [-0.1, -0.05) is 42.5 Å². The molecule has 0 aliphatic carbocycles. The van der Waals surface area contributed by atoms with Gasteiger partial charge in [-0.25, -0.2) is 4.39 Å². The predicted molar refractivity (Wildman–Crippen MR) is 113 cm³/mol. The summed E-state index contributed by atoms with van der Waals surface area (Å²) in [7, 11) is 0. The fourth-order valence-electron chi connectivity index (χ4n) is 3.33. The Balaban J connectivity index is 1.82. The van der Waals surface area contributed by atoms with Gasteiger partial charge in [0.25, 0.3) is 11.8 Å². The van der Waals surface area contributed by atoms with Gasteiger partial charge < -0.3 is 10.2 Å². The highest BCUT2D eigenvalue weighted by molar-refractivity contribution is 14.1. The number of fused-ring (bicyclic) bond motifs is 1. The Morgan fingerprint density at radius 2 is 1.68 bits per heavy atom. The number of carbonyl (C=O) groups excluding carboxylic acids is 2. The lowest BCUT2D eigenvalue weighted by molar-refractivity contribution is -0.120. The topological polar surface area (TPSA) is 49.4 Å². The maximum atomic E-state index is 13.4. The van der Waals surface area contributed by atoms with Gasteiger partial charge in [-0.15, -0.1) is 0 Å². The van der Waals surface area contributed by atoms with Crippen molar-refractivity contribution in [2.24, 2.45) is 0 Å². The summed E-state index contributed by atoms with van der Waals surface area (Å²) in [4.78, 5) is 28.1. The SMILES string of the molecule is O=C1Nc2ccc(I)cc2C(=O)N(Cc2ccc(F)cc2)C1c1ccccc1. The van der Waals surface area contributed by atoms with E-state index < -0.39 is 6.04 Å². The van der Waals surface area contributed by atoms with Gasteiger partial charge in [0.1, 0.15) is 11.9 Å². The maximum absolute atomic E-state index is 13.4. The van der Waals surface area contributed by atoms with Gasteiger partial charge in [0, 0.05) is 10.1 Å². The number of rotatable bonds is 3. The van der Waals surface area contributed by atoms with E-state index in [4.69, 9.17) is 0 Å². The zero-order valence-corrected chi connectivity index (χ0v) is 16.9. The van der Waals surface area contributed by atoms with Crippen LogP contribution in [0.2, 0.25) is 0 Å². The molecule has 1 N–H and O–H groups in total. The monoisotopic (exact) mass is 486 g/mol. The number of carbonyl (C=O) groups is 2. The van der Waals surface area contributed by atoms with E-state index in [9.17, 15) is 14.0 Å². The van der Waals surface area contributed by atoms with Crippen molar-refractivity contribution in [1.29, 1.82) is 0 Å². The minimum Gasteiger partial charge on any atom is -0.323 e. The van der Waals surface area contributed by atoms with Gasteiger partial charge in [0.2, 0.25) is 0 Å². The molecule has 0 bridgehead atoms. The van der Waals surface area contributed by atoms with Crippen LogP contribution >= 0.6 is 22.6 Å². The second-order valence-electron chi connectivity index (χ2n) is 6.55. The van der Waals surface area contributed by atoms with Crippen molar-refractivity contribution in [3.63, 3.8) is 0 Å². The van der Waals surface area contributed by atoms with Crippen molar-refractivity contribution in [3.05, 3.63) is 98.9 Å². The quantitative estimate of drug-likeness (QED) is 0.543. The molecule has 0 radical (unpaired) electrons. The van der Waals surface area contributed by atoms with Crippen molar-refractivity contribution < 1.29 is 14.0 Å². The molecule has 0 fully saturated rings. The third kappa shape index (κ3) is 3.64.